The SMILES string of the molecule is CCCC(O)(CCC)CNC(=O)CN1C(=O)CCc2ccccc21. The zero-order valence-electron chi connectivity index (χ0n) is 14.7. The molecule has 0 aromatic heterocycles. The lowest BCUT2D eigenvalue weighted by Crippen LogP contribution is -2.48. The van der Waals surface area contributed by atoms with Crippen molar-refractivity contribution in [2.45, 2.75) is 58.0 Å². The van der Waals surface area contributed by atoms with E-state index in [2.05, 4.69) is 5.32 Å². The number of benzene rings is 1. The molecule has 2 rings (SSSR count). The number of carbonyl (C=O) groups is 2. The molecule has 0 fully saturated rings. The van der Waals surface area contributed by atoms with Crippen molar-refractivity contribution in [1.82, 2.24) is 5.32 Å². The minimum absolute atomic E-state index is 0.00414. The van der Waals surface area contributed by atoms with Gasteiger partial charge in [0.05, 0.1) is 5.60 Å². The molecule has 1 aliphatic rings. The summed E-state index contributed by atoms with van der Waals surface area (Å²) in [4.78, 5) is 26.0. The Balaban J connectivity index is 1.98. The highest BCUT2D eigenvalue weighted by atomic mass is 16.3. The third kappa shape index (κ3) is 4.57. The molecule has 5 heteroatoms. The van der Waals surface area contributed by atoms with Crippen LogP contribution in [0.25, 0.3) is 0 Å². The summed E-state index contributed by atoms with van der Waals surface area (Å²) in [5.74, 6) is -0.257. The first-order valence-electron chi connectivity index (χ1n) is 8.86. The van der Waals surface area contributed by atoms with E-state index in [0.29, 0.717) is 19.3 Å². The van der Waals surface area contributed by atoms with Crippen molar-refractivity contribution in [3.8, 4) is 0 Å². The van der Waals surface area contributed by atoms with Gasteiger partial charge in [-0.15, -0.1) is 0 Å². The van der Waals surface area contributed by atoms with Gasteiger partial charge in [-0.3, -0.25) is 9.59 Å². The molecule has 0 saturated heterocycles. The molecule has 1 aliphatic heterocycles. The molecule has 1 aromatic carbocycles. The summed E-state index contributed by atoms with van der Waals surface area (Å²) in [5.41, 5.74) is 1.06. The molecule has 2 N–H and O–H groups in total. The van der Waals surface area contributed by atoms with Gasteiger partial charge in [-0.05, 0) is 30.9 Å². The van der Waals surface area contributed by atoms with E-state index in [1.54, 1.807) is 4.90 Å². The van der Waals surface area contributed by atoms with Gasteiger partial charge in [0.2, 0.25) is 11.8 Å². The van der Waals surface area contributed by atoms with Gasteiger partial charge >= 0.3 is 0 Å². The predicted octanol–water partition coefficient (Wildman–Crippen LogP) is 2.41. The van der Waals surface area contributed by atoms with Crippen molar-refractivity contribution in [2.75, 3.05) is 18.0 Å². The molecule has 0 radical (unpaired) electrons. The number of hydrogen-bond donors (Lipinski definition) is 2. The number of amides is 2. The number of aryl methyl sites for hydroxylation is 1. The van der Waals surface area contributed by atoms with Crippen LogP contribution in [-0.2, 0) is 16.0 Å². The smallest absolute Gasteiger partial charge is 0.240 e. The van der Waals surface area contributed by atoms with Crippen LogP contribution in [0, 0.1) is 0 Å². The molecule has 1 heterocycles. The fourth-order valence-electron chi connectivity index (χ4n) is 3.36. The van der Waals surface area contributed by atoms with E-state index in [1.165, 1.54) is 0 Å². The molecule has 2 amide bonds. The fourth-order valence-corrected chi connectivity index (χ4v) is 3.36. The van der Waals surface area contributed by atoms with Crippen LogP contribution in [0.4, 0.5) is 5.69 Å². The van der Waals surface area contributed by atoms with E-state index in [1.807, 2.05) is 38.1 Å². The van der Waals surface area contributed by atoms with Gasteiger partial charge in [0.1, 0.15) is 6.54 Å². The highest BCUT2D eigenvalue weighted by Crippen LogP contribution is 2.27. The third-order valence-corrected chi connectivity index (χ3v) is 4.54. The van der Waals surface area contributed by atoms with Crippen LogP contribution in [0.1, 0.15) is 51.5 Å². The van der Waals surface area contributed by atoms with Crippen LogP contribution in [0.5, 0.6) is 0 Å². The predicted molar refractivity (Wildman–Crippen MR) is 94.9 cm³/mol. The Labute approximate surface area is 144 Å². The minimum atomic E-state index is -0.858. The normalized spacial score (nSPS) is 14.5. The van der Waals surface area contributed by atoms with Crippen molar-refractivity contribution >= 4 is 17.5 Å². The minimum Gasteiger partial charge on any atom is -0.388 e. The molecule has 24 heavy (non-hydrogen) atoms. The quantitative estimate of drug-likeness (QED) is 0.768. The number of fused-ring (bicyclic) bond motifs is 1. The maximum Gasteiger partial charge on any atom is 0.240 e. The maximum absolute atomic E-state index is 12.3. The molecule has 0 aliphatic carbocycles. The van der Waals surface area contributed by atoms with Crippen LogP contribution in [0.2, 0.25) is 0 Å². The molecule has 1 aromatic rings. The lowest BCUT2D eigenvalue weighted by molar-refractivity contribution is -0.124. The molecular weight excluding hydrogens is 304 g/mol. The lowest BCUT2D eigenvalue weighted by atomic mass is 9.92. The number of aliphatic hydroxyl groups is 1. The number of nitrogens with zero attached hydrogens (tertiary/aromatic N) is 1. The molecule has 0 spiro atoms. The third-order valence-electron chi connectivity index (χ3n) is 4.54. The first-order chi connectivity index (χ1) is 11.5. The standard InChI is InChI=1S/C19H28N2O3/c1-3-11-19(24,12-4-2)14-20-17(22)13-21-16-8-6-5-7-15(16)9-10-18(21)23/h5-8,24H,3-4,9-14H2,1-2H3,(H,20,22). The summed E-state index contributed by atoms with van der Waals surface area (Å²) in [6.45, 7) is 4.28. The topological polar surface area (TPSA) is 69.6 Å². The Bertz CT molecular complexity index is 580. The summed E-state index contributed by atoms with van der Waals surface area (Å²) in [5, 5.41) is 13.4. The zero-order valence-corrected chi connectivity index (χ0v) is 14.7. The van der Waals surface area contributed by atoms with Gasteiger partial charge in [0, 0.05) is 18.7 Å². The fraction of sp³-hybridized carbons (Fsp3) is 0.579. The van der Waals surface area contributed by atoms with Crippen molar-refractivity contribution < 1.29 is 14.7 Å². The Hall–Kier alpha value is -1.88. The molecule has 132 valence electrons. The number of carbonyl (C=O) groups excluding carboxylic acids is 2. The highest BCUT2D eigenvalue weighted by molar-refractivity contribution is 6.01. The van der Waals surface area contributed by atoms with Gasteiger partial charge in [0.25, 0.3) is 0 Å². The molecular formula is C19H28N2O3. The summed E-state index contributed by atoms with van der Waals surface area (Å²) in [6, 6.07) is 7.70. The highest BCUT2D eigenvalue weighted by Gasteiger charge is 2.28. The van der Waals surface area contributed by atoms with Gasteiger partial charge in [-0.1, -0.05) is 44.9 Å². The molecule has 0 unspecified atom stereocenters. The molecule has 0 atom stereocenters. The van der Waals surface area contributed by atoms with E-state index in [-0.39, 0.29) is 24.9 Å². The van der Waals surface area contributed by atoms with Gasteiger partial charge in [0.15, 0.2) is 0 Å². The van der Waals surface area contributed by atoms with E-state index in [0.717, 1.165) is 30.5 Å². The number of nitrogens with one attached hydrogen (secondary N) is 1. The number of rotatable bonds is 8. The second kappa shape index (κ2) is 8.29. The summed E-state index contributed by atoms with van der Waals surface area (Å²) >= 11 is 0. The van der Waals surface area contributed by atoms with Crippen LogP contribution in [0.3, 0.4) is 0 Å². The number of hydrogen-bond acceptors (Lipinski definition) is 3. The van der Waals surface area contributed by atoms with Crippen molar-refractivity contribution in [3.05, 3.63) is 29.8 Å². The van der Waals surface area contributed by atoms with E-state index >= 15 is 0 Å². The van der Waals surface area contributed by atoms with E-state index < -0.39 is 5.60 Å². The Kier molecular flexibility index (Phi) is 6.37. The zero-order chi connectivity index (χ0) is 17.6. The average Bonchev–Trinajstić information content (AvgIpc) is 2.56. The summed E-state index contributed by atoms with van der Waals surface area (Å²) < 4.78 is 0. The second-order valence-corrected chi connectivity index (χ2v) is 6.61. The monoisotopic (exact) mass is 332 g/mol. The summed E-state index contributed by atoms with van der Waals surface area (Å²) in [7, 11) is 0. The Morgan fingerprint density at radius 2 is 1.88 bits per heavy atom. The lowest BCUT2D eigenvalue weighted by Gasteiger charge is -2.30. The van der Waals surface area contributed by atoms with Crippen LogP contribution in [0.15, 0.2) is 24.3 Å². The van der Waals surface area contributed by atoms with Crippen molar-refractivity contribution in [2.24, 2.45) is 0 Å². The Morgan fingerprint density at radius 3 is 2.54 bits per heavy atom. The van der Waals surface area contributed by atoms with Crippen molar-refractivity contribution in [1.29, 1.82) is 0 Å². The summed E-state index contributed by atoms with van der Waals surface area (Å²) in [6.07, 6.45) is 4.20. The molecule has 5 nitrogen and oxygen atoms in total. The Morgan fingerprint density at radius 1 is 1.21 bits per heavy atom. The van der Waals surface area contributed by atoms with Crippen molar-refractivity contribution in [3.63, 3.8) is 0 Å². The molecule has 0 bridgehead atoms. The molecule has 0 saturated carbocycles. The van der Waals surface area contributed by atoms with Gasteiger partial charge in [-0.2, -0.15) is 0 Å². The number of anilines is 1. The maximum atomic E-state index is 12.3. The number of para-hydroxylation sites is 1. The largest absolute Gasteiger partial charge is 0.388 e. The first-order valence-corrected chi connectivity index (χ1v) is 8.86. The van der Waals surface area contributed by atoms with Gasteiger partial charge in [-0.25, -0.2) is 0 Å². The van der Waals surface area contributed by atoms with E-state index in [9.17, 15) is 14.7 Å². The van der Waals surface area contributed by atoms with E-state index in [4.69, 9.17) is 0 Å². The van der Waals surface area contributed by atoms with Crippen LogP contribution in [-0.4, -0.2) is 35.6 Å². The van der Waals surface area contributed by atoms with Crippen LogP contribution < -0.4 is 10.2 Å². The second-order valence-electron chi connectivity index (χ2n) is 6.61. The van der Waals surface area contributed by atoms with Gasteiger partial charge < -0.3 is 15.3 Å². The average molecular weight is 332 g/mol. The van der Waals surface area contributed by atoms with Crippen LogP contribution >= 0.6 is 0 Å². The first kappa shape index (κ1) is 18.5.